The summed E-state index contributed by atoms with van der Waals surface area (Å²) in [5.41, 5.74) is -0.707. The average molecular weight is 208 g/mol. The number of carboxylic acids is 1. The number of fused-ring (bicyclic) bond motifs is 1. The van der Waals surface area contributed by atoms with Crippen molar-refractivity contribution in [1.29, 1.82) is 0 Å². The van der Waals surface area contributed by atoms with Crippen molar-refractivity contribution in [2.45, 2.75) is 11.7 Å². The van der Waals surface area contributed by atoms with Gasteiger partial charge in [-0.15, -0.1) is 0 Å². The Labute approximate surface area is 86.3 Å². The van der Waals surface area contributed by atoms with E-state index in [9.17, 15) is 14.7 Å². The van der Waals surface area contributed by atoms with Gasteiger partial charge in [-0.1, -0.05) is 12.2 Å². The van der Waals surface area contributed by atoms with E-state index in [1.54, 1.807) is 13.1 Å². The molecule has 5 heteroatoms. The zero-order valence-electron chi connectivity index (χ0n) is 8.17. The highest BCUT2D eigenvalue weighted by molar-refractivity contribution is 5.90. The number of carbonyl (C=O) groups is 2. The van der Waals surface area contributed by atoms with Crippen LogP contribution in [0.1, 0.15) is 0 Å². The van der Waals surface area contributed by atoms with Gasteiger partial charge in [0, 0.05) is 18.9 Å². The molecule has 2 saturated heterocycles. The van der Waals surface area contributed by atoms with E-state index in [0.29, 0.717) is 6.54 Å². The van der Waals surface area contributed by atoms with Gasteiger partial charge in [-0.2, -0.15) is 0 Å². The molecule has 4 atom stereocenters. The molecule has 0 unspecified atom stereocenters. The first-order chi connectivity index (χ1) is 7.05. The van der Waals surface area contributed by atoms with Gasteiger partial charge >= 0.3 is 0 Å². The number of carboxylic acid groups (broad SMARTS) is 1. The third-order valence-corrected chi connectivity index (χ3v) is 3.56. The fourth-order valence-corrected chi connectivity index (χ4v) is 2.96. The summed E-state index contributed by atoms with van der Waals surface area (Å²) in [6, 6.07) is 0. The van der Waals surface area contributed by atoms with Crippen LogP contribution in [-0.4, -0.2) is 42.1 Å². The first kappa shape index (κ1) is 8.91. The molecule has 2 fully saturated rings. The fraction of sp³-hybridized carbons (Fsp3) is 0.600. The maximum atomic E-state index is 11.8. The van der Waals surface area contributed by atoms with Gasteiger partial charge in [-0.25, -0.2) is 0 Å². The number of nitrogens with zero attached hydrogens (tertiary/aromatic N) is 1. The molecule has 3 aliphatic rings. The van der Waals surface area contributed by atoms with Gasteiger partial charge in [0.2, 0.25) is 5.91 Å². The SMILES string of the molecule is CN1C[C@]23C=C[C@@H](O2)[C@H](C(=O)[O-])[C@@H]3C1=O. The van der Waals surface area contributed by atoms with Gasteiger partial charge in [0.05, 0.1) is 18.6 Å². The summed E-state index contributed by atoms with van der Waals surface area (Å²) in [7, 11) is 1.66. The number of rotatable bonds is 1. The van der Waals surface area contributed by atoms with E-state index < -0.39 is 29.5 Å². The summed E-state index contributed by atoms with van der Waals surface area (Å²) in [6.45, 7) is 0.438. The Hall–Kier alpha value is -1.36. The number of hydrogen-bond donors (Lipinski definition) is 0. The van der Waals surface area contributed by atoms with E-state index in [2.05, 4.69) is 0 Å². The minimum absolute atomic E-state index is 0.156. The first-order valence-electron chi connectivity index (χ1n) is 4.88. The first-order valence-corrected chi connectivity index (χ1v) is 4.88. The van der Waals surface area contributed by atoms with E-state index >= 15 is 0 Å². The molecule has 0 aliphatic carbocycles. The zero-order chi connectivity index (χ0) is 10.8. The summed E-state index contributed by atoms with van der Waals surface area (Å²) in [6.07, 6.45) is 3.06. The molecule has 5 nitrogen and oxygen atoms in total. The lowest BCUT2D eigenvalue weighted by atomic mass is 9.77. The van der Waals surface area contributed by atoms with Crippen molar-refractivity contribution in [3.05, 3.63) is 12.2 Å². The lowest BCUT2D eigenvalue weighted by Gasteiger charge is -2.24. The Morgan fingerprint density at radius 3 is 3.13 bits per heavy atom. The molecule has 3 aliphatic heterocycles. The van der Waals surface area contributed by atoms with Crippen LogP contribution in [0.3, 0.4) is 0 Å². The predicted molar refractivity (Wildman–Crippen MR) is 46.4 cm³/mol. The number of aliphatic carboxylic acids is 1. The number of likely N-dealkylation sites (tertiary alicyclic amines) is 1. The molecule has 2 bridgehead atoms. The molecule has 1 amide bonds. The molecule has 0 saturated carbocycles. The third-order valence-electron chi connectivity index (χ3n) is 3.56. The Balaban J connectivity index is 2.08. The monoisotopic (exact) mass is 208 g/mol. The van der Waals surface area contributed by atoms with Crippen LogP contribution >= 0.6 is 0 Å². The van der Waals surface area contributed by atoms with Crippen LogP contribution in [0.5, 0.6) is 0 Å². The van der Waals surface area contributed by atoms with E-state index in [0.717, 1.165) is 0 Å². The Bertz CT molecular complexity index is 391. The lowest BCUT2D eigenvalue weighted by Crippen LogP contribution is -2.44. The van der Waals surface area contributed by atoms with E-state index in [1.165, 1.54) is 4.90 Å². The summed E-state index contributed by atoms with van der Waals surface area (Å²) >= 11 is 0. The normalized spacial score (nSPS) is 46.3. The minimum atomic E-state index is -1.19. The number of ether oxygens (including phenoxy) is 1. The van der Waals surface area contributed by atoms with Crippen LogP contribution in [0.4, 0.5) is 0 Å². The second-order valence-electron chi connectivity index (χ2n) is 4.41. The largest absolute Gasteiger partial charge is 0.550 e. The molecule has 3 heterocycles. The molecule has 15 heavy (non-hydrogen) atoms. The molecule has 80 valence electrons. The minimum Gasteiger partial charge on any atom is -0.550 e. The molecule has 3 rings (SSSR count). The van der Waals surface area contributed by atoms with Crippen molar-refractivity contribution in [1.82, 2.24) is 4.90 Å². The highest BCUT2D eigenvalue weighted by Crippen LogP contribution is 2.51. The van der Waals surface area contributed by atoms with Crippen LogP contribution < -0.4 is 5.11 Å². The van der Waals surface area contributed by atoms with Crippen molar-refractivity contribution in [3.8, 4) is 0 Å². The summed E-state index contributed by atoms with van der Waals surface area (Å²) in [5.74, 6) is -2.77. The van der Waals surface area contributed by atoms with Crippen LogP contribution in [-0.2, 0) is 14.3 Å². The van der Waals surface area contributed by atoms with Gasteiger partial charge in [-0.3, -0.25) is 4.79 Å². The van der Waals surface area contributed by atoms with Gasteiger partial charge in [0.1, 0.15) is 5.60 Å². The maximum absolute atomic E-state index is 11.8. The van der Waals surface area contributed by atoms with Crippen molar-refractivity contribution in [2.75, 3.05) is 13.6 Å². The second kappa shape index (κ2) is 2.41. The standard InChI is InChI=1S/C10H11NO4/c1-11-4-10-3-2-5(15-10)6(9(13)14)7(10)8(11)12/h2-3,5-7H,4H2,1H3,(H,13,14)/p-1/t5-,6+,7-,10+/m1/s1. The van der Waals surface area contributed by atoms with Gasteiger partial charge < -0.3 is 19.5 Å². The summed E-state index contributed by atoms with van der Waals surface area (Å²) in [4.78, 5) is 24.3. The third kappa shape index (κ3) is 0.866. The van der Waals surface area contributed by atoms with E-state index in [4.69, 9.17) is 4.74 Å². The van der Waals surface area contributed by atoms with Crippen LogP contribution in [0.25, 0.3) is 0 Å². The zero-order valence-corrected chi connectivity index (χ0v) is 8.17. The second-order valence-corrected chi connectivity index (χ2v) is 4.41. The topological polar surface area (TPSA) is 69.7 Å². The Kier molecular flexibility index (Phi) is 1.43. The molecular formula is C10H10NO4-. The average Bonchev–Trinajstić information content (AvgIpc) is 2.75. The van der Waals surface area contributed by atoms with Crippen molar-refractivity contribution in [3.63, 3.8) is 0 Å². The molecule has 0 aromatic heterocycles. The number of likely N-dealkylation sites (N-methyl/N-ethyl adjacent to an activating group) is 1. The van der Waals surface area contributed by atoms with Crippen LogP contribution in [0, 0.1) is 11.8 Å². The van der Waals surface area contributed by atoms with Crippen LogP contribution in [0.2, 0.25) is 0 Å². The van der Waals surface area contributed by atoms with Gasteiger partial charge in [0.15, 0.2) is 0 Å². The van der Waals surface area contributed by atoms with Gasteiger partial charge in [0.25, 0.3) is 0 Å². The number of carbonyl (C=O) groups excluding carboxylic acids is 2. The van der Waals surface area contributed by atoms with Gasteiger partial charge in [-0.05, 0) is 0 Å². The molecular weight excluding hydrogens is 198 g/mol. The van der Waals surface area contributed by atoms with Crippen molar-refractivity contribution in [2.24, 2.45) is 11.8 Å². The Morgan fingerprint density at radius 1 is 1.73 bits per heavy atom. The predicted octanol–water partition coefficient (Wildman–Crippen LogP) is -1.85. The number of amides is 1. The smallest absolute Gasteiger partial charge is 0.229 e. The highest BCUT2D eigenvalue weighted by atomic mass is 16.5. The fourth-order valence-electron chi connectivity index (χ4n) is 2.96. The molecule has 0 aromatic carbocycles. The van der Waals surface area contributed by atoms with Crippen molar-refractivity contribution < 1.29 is 19.4 Å². The molecule has 0 N–H and O–H groups in total. The summed E-state index contributed by atoms with van der Waals surface area (Å²) < 4.78 is 5.60. The van der Waals surface area contributed by atoms with Crippen molar-refractivity contribution >= 4 is 11.9 Å². The van der Waals surface area contributed by atoms with Crippen LogP contribution in [0.15, 0.2) is 12.2 Å². The molecule has 1 spiro atoms. The van der Waals surface area contributed by atoms with E-state index in [1.807, 2.05) is 6.08 Å². The highest BCUT2D eigenvalue weighted by Gasteiger charge is 2.64. The summed E-state index contributed by atoms with van der Waals surface area (Å²) in [5, 5.41) is 11.0. The molecule has 0 radical (unpaired) electrons. The maximum Gasteiger partial charge on any atom is 0.229 e. The molecule has 0 aromatic rings. The Morgan fingerprint density at radius 2 is 2.47 bits per heavy atom. The lowest BCUT2D eigenvalue weighted by molar-refractivity contribution is -0.313. The quantitative estimate of drug-likeness (QED) is 0.474. The van der Waals surface area contributed by atoms with E-state index in [-0.39, 0.29) is 5.91 Å². The number of hydrogen-bond acceptors (Lipinski definition) is 4.